The molecule has 1 N–H and O–H groups in total. The summed E-state index contributed by atoms with van der Waals surface area (Å²) >= 11 is 5.01. The number of aromatic nitrogens is 3. The summed E-state index contributed by atoms with van der Waals surface area (Å²) in [5.74, 6) is 1.10. The van der Waals surface area contributed by atoms with Crippen LogP contribution >= 0.6 is 27.3 Å². The topological polar surface area (TPSA) is 59.8 Å². The Hall–Kier alpha value is -1.99. The van der Waals surface area contributed by atoms with Crippen LogP contribution in [0.1, 0.15) is 19.5 Å². The van der Waals surface area contributed by atoms with Gasteiger partial charge >= 0.3 is 0 Å². The van der Waals surface area contributed by atoms with Gasteiger partial charge in [-0.1, -0.05) is 41.9 Å². The SMILES string of the molecule is CC(C)Cn1nccc1NC(=O)Cc1csc(-c2cccc(Br)c2)n1. The highest BCUT2D eigenvalue weighted by atomic mass is 79.9. The van der Waals surface area contributed by atoms with Gasteiger partial charge in [0.2, 0.25) is 5.91 Å². The van der Waals surface area contributed by atoms with Crippen molar-refractivity contribution in [1.29, 1.82) is 0 Å². The Balaban J connectivity index is 1.65. The summed E-state index contributed by atoms with van der Waals surface area (Å²) < 4.78 is 2.83. The number of anilines is 1. The molecule has 0 unspecified atom stereocenters. The molecule has 0 atom stereocenters. The van der Waals surface area contributed by atoms with E-state index in [0.717, 1.165) is 33.1 Å². The van der Waals surface area contributed by atoms with Crippen molar-refractivity contribution in [1.82, 2.24) is 14.8 Å². The maximum atomic E-state index is 12.3. The van der Waals surface area contributed by atoms with E-state index in [4.69, 9.17) is 0 Å². The molecular formula is C18H19BrN4OS. The zero-order valence-electron chi connectivity index (χ0n) is 14.1. The minimum Gasteiger partial charge on any atom is -0.311 e. The highest BCUT2D eigenvalue weighted by Crippen LogP contribution is 2.26. The predicted octanol–water partition coefficient (Wildman–Crippen LogP) is 4.61. The van der Waals surface area contributed by atoms with Crippen LogP contribution in [-0.4, -0.2) is 20.7 Å². The molecule has 1 amide bonds. The van der Waals surface area contributed by atoms with E-state index in [2.05, 4.69) is 45.2 Å². The molecule has 0 fully saturated rings. The average molecular weight is 419 g/mol. The molecule has 0 saturated carbocycles. The van der Waals surface area contributed by atoms with Crippen molar-refractivity contribution >= 4 is 39.0 Å². The number of halogens is 1. The second-order valence-electron chi connectivity index (χ2n) is 6.17. The van der Waals surface area contributed by atoms with Crippen LogP contribution in [0, 0.1) is 5.92 Å². The molecule has 3 aromatic rings. The normalized spacial score (nSPS) is 11.0. The maximum Gasteiger partial charge on any atom is 0.231 e. The van der Waals surface area contributed by atoms with Gasteiger partial charge in [0, 0.05) is 28.0 Å². The average Bonchev–Trinajstić information content (AvgIpc) is 3.17. The monoisotopic (exact) mass is 418 g/mol. The first-order chi connectivity index (χ1) is 12.0. The molecule has 0 saturated heterocycles. The number of hydrogen-bond donors (Lipinski definition) is 1. The van der Waals surface area contributed by atoms with Crippen molar-refractivity contribution in [2.45, 2.75) is 26.8 Å². The molecule has 130 valence electrons. The molecule has 0 aliphatic carbocycles. The van der Waals surface area contributed by atoms with E-state index < -0.39 is 0 Å². The molecule has 7 heteroatoms. The quantitative estimate of drug-likeness (QED) is 0.635. The number of carbonyl (C=O) groups excluding carboxylic acids is 1. The largest absolute Gasteiger partial charge is 0.311 e. The van der Waals surface area contributed by atoms with Gasteiger partial charge in [-0.25, -0.2) is 9.67 Å². The summed E-state index contributed by atoms with van der Waals surface area (Å²) in [5, 5.41) is 10.0. The Morgan fingerprint density at radius 1 is 1.36 bits per heavy atom. The van der Waals surface area contributed by atoms with Crippen LogP contribution in [0.15, 0.2) is 46.4 Å². The number of thiazole rings is 1. The summed E-state index contributed by atoms with van der Waals surface area (Å²) in [7, 11) is 0. The van der Waals surface area contributed by atoms with Crippen molar-refractivity contribution in [3.05, 3.63) is 52.1 Å². The van der Waals surface area contributed by atoms with Crippen LogP contribution < -0.4 is 5.32 Å². The Kier molecular flexibility index (Phi) is 5.65. The molecule has 0 radical (unpaired) electrons. The van der Waals surface area contributed by atoms with Crippen LogP contribution in [0.25, 0.3) is 10.6 Å². The third-order valence-electron chi connectivity index (χ3n) is 3.49. The minimum absolute atomic E-state index is 0.0865. The van der Waals surface area contributed by atoms with Gasteiger partial charge in [-0.3, -0.25) is 4.79 Å². The fourth-order valence-electron chi connectivity index (χ4n) is 2.42. The van der Waals surface area contributed by atoms with E-state index in [1.807, 2.05) is 40.4 Å². The fourth-order valence-corrected chi connectivity index (χ4v) is 3.64. The van der Waals surface area contributed by atoms with Crippen LogP contribution in [-0.2, 0) is 17.8 Å². The van der Waals surface area contributed by atoms with E-state index >= 15 is 0 Å². The van der Waals surface area contributed by atoms with Crippen LogP contribution in [0.5, 0.6) is 0 Å². The summed E-state index contributed by atoms with van der Waals surface area (Å²) in [5.41, 5.74) is 1.81. The summed E-state index contributed by atoms with van der Waals surface area (Å²) in [6, 6.07) is 9.80. The van der Waals surface area contributed by atoms with Crippen LogP contribution in [0.2, 0.25) is 0 Å². The number of amides is 1. The lowest BCUT2D eigenvalue weighted by molar-refractivity contribution is -0.115. The Labute approximate surface area is 159 Å². The van der Waals surface area contributed by atoms with E-state index in [-0.39, 0.29) is 12.3 Å². The van der Waals surface area contributed by atoms with E-state index in [9.17, 15) is 4.79 Å². The molecule has 0 spiro atoms. The van der Waals surface area contributed by atoms with Gasteiger partial charge in [0.1, 0.15) is 10.8 Å². The smallest absolute Gasteiger partial charge is 0.231 e. The molecule has 0 aliphatic rings. The molecule has 3 rings (SSSR count). The van der Waals surface area contributed by atoms with Crippen molar-refractivity contribution < 1.29 is 4.79 Å². The number of nitrogens with one attached hydrogen (secondary N) is 1. The summed E-state index contributed by atoms with van der Waals surface area (Å²) in [6.07, 6.45) is 1.95. The van der Waals surface area contributed by atoms with Gasteiger partial charge in [-0.05, 0) is 18.1 Å². The van der Waals surface area contributed by atoms with Crippen molar-refractivity contribution in [3.63, 3.8) is 0 Å². The van der Waals surface area contributed by atoms with Gasteiger partial charge in [-0.15, -0.1) is 11.3 Å². The number of carbonyl (C=O) groups is 1. The lowest BCUT2D eigenvalue weighted by atomic mass is 10.2. The van der Waals surface area contributed by atoms with Crippen molar-refractivity contribution in [2.75, 3.05) is 5.32 Å². The molecule has 2 aromatic heterocycles. The number of nitrogens with zero attached hydrogens (tertiary/aromatic N) is 3. The maximum absolute atomic E-state index is 12.3. The van der Waals surface area contributed by atoms with Gasteiger partial charge in [-0.2, -0.15) is 5.10 Å². The molecule has 0 bridgehead atoms. The molecule has 25 heavy (non-hydrogen) atoms. The first-order valence-corrected chi connectivity index (χ1v) is 9.70. The molecular weight excluding hydrogens is 400 g/mol. The number of rotatable bonds is 6. The van der Waals surface area contributed by atoms with E-state index in [1.54, 1.807) is 17.5 Å². The lowest BCUT2D eigenvalue weighted by Gasteiger charge is -2.10. The second-order valence-corrected chi connectivity index (χ2v) is 7.95. The third kappa shape index (κ3) is 4.76. The Morgan fingerprint density at radius 3 is 2.96 bits per heavy atom. The number of hydrogen-bond acceptors (Lipinski definition) is 4. The summed E-state index contributed by atoms with van der Waals surface area (Å²) in [6.45, 7) is 5.00. The van der Waals surface area contributed by atoms with Crippen LogP contribution in [0.3, 0.4) is 0 Å². The van der Waals surface area contributed by atoms with E-state index in [1.165, 1.54) is 0 Å². The van der Waals surface area contributed by atoms with Crippen LogP contribution in [0.4, 0.5) is 5.82 Å². The van der Waals surface area contributed by atoms with Gasteiger partial charge in [0.25, 0.3) is 0 Å². The lowest BCUT2D eigenvalue weighted by Crippen LogP contribution is -2.18. The highest BCUT2D eigenvalue weighted by molar-refractivity contribution is 9.10. The molecule has 1 aromatic carbocycles. The standard InChI is InChI=1S/C18H19BrN4OS/c1-12(2)10-23-16(6-7-20-23)22-17(24)9-15-11-25-18(21-15)13-4-3-5-14(19)8-13/h3-8,11-12H,9-10H2,1-2H3,(H,22,24). The first kappa shape index (κ1) is 17.8. The third-order valence-corrected chi connectivity index (χ3v) is 4.92. The van der Waals surface area contributed by atoms with Crippen molar-refractivity contribution in [3.8, 4) is 10.6 Å². The Morgan fingerprint density at radius 2 is 2.20 bits per heavy atom. The van der Waals surface area contributed by atoms with E-state index in [0.29, 0.717) is 5.92 Å². The fraction of sp³-hybridized carbons (Fsp3) is 0.278. The Bertz CT molecular complexity index is 871. The summed E-state index contributed by atoms with van der Waals surface area (Å²) in [4.78, 5) is 16.9. The molecule has 2 heterocycles. The zero-order valence-corrected chi connectivity index (χ0v) is 16.5. The minimum atomic E-state index is -0.0865. The number of benzene rings is 1. The van der Waals surface area contributed by atoms with Gasteiger partial charge < -0.3 is 5.32 Å². The predicted molar refractivity (Wildman–Crippen MR) is 105 cm³/mol. The first-order valence-electron chi connectivity index (χ1n) is 8.03. The second kappa shape index (κ2) is 7.93. The molecule has 0 aliphatic heterocycles. The highest BCUT2D eigenvalue weighted by Gasteiger charge is 2.12. The van der Waals surface area contributed by atoms with Crippen molar-refractivity contribution in [2.24, 2.45) is 5.92 Å². The zero-order chi connectivity index (χ0) is 17.8. The molecule has 5 nitrogen and oxygen atoms in total. The van der Waals surface area contributed by atoms with Gasteiger partial charge in [0.15, 0.2) is 0 Å². The van der Waals surface area contributed by atoms with Gasteiger partial charge in [0.05, 0.1) is 18.3 Å².